The molecule has 3 aromatic carbocycles. The first kappa shape index (κ1) is 18.7. The quantitative estimate of drug-likeness (QED) is 0.468. The molecule has 4 aromatic rings. The van der Waals surface area contributed by atoms with Crippen molar-refractivity contribution < 1.29 is 9.53 Å². The maximum atomic E-state index is 12.4. The van der Waals surface area contributed by atoms with E-state index in [1.54, 1.807) is 24.3 Å². The molecular formula is C25H22N2O2. The number of carbonyl (C=O) groups is 1. The van der Waals surface area contributed by atoms with E-state index >= 15 is 0 Å². The van der Waals surface area contributed by atoms with E-state index < -0.39 is 0 Å². The Labute approximate surface area is 170 Å². The predicted octanol–water partition coefficient (Wildman–Crippen LogP) is 5.05. The summed E-state index contributed by atoms with van der Waals surface area (Å²) >= 11 is 0. The van der Waals surface area contributed by atoms with Crippen LogP contribution in [0.3, 0.4) is 0 Å². The zero-order valence-corrected chi connectivity index (χ0v) is 16.3. The van der Waals surface area contributed by atoms with Crippen LogP contribution < -0.4 is 4.74 Å². The topological polar surface area (TPSA) is 42.4 Å². The van der Waals surface area contributed by atoms with Crippen molar-refractivity contribution in [1.29, 1.82) is 0 Å². The van der Waals surface area contributed by atoms with Gasteiger partial charge in [-0.2, -0.15) is 0 Å². The van der Waals surface area contributed by atoms with E-state index in [9.17, 15) is 4.79 Å². The van der Waals surface area contributed by atoms with E-state index in [1.165, 1.54) is 0 Å². The van der Waals surface area contributed by atoms with Crippen LogP contribution in [0.15, 0.2) is 91.3 Å². The van der Waals surface area contributed by atoms with Crippen molar-refractivity contribution >= 4 is 16.7 Å². The lowest BCUT2D eigenvalue weighted by molar-refractivity contribution is 0.0774. The summed E-state index contributed by atoms with van der Waals surface area (Å²) in [4.78, 5) is 18.1. The average Bonchev–Trinajstić information content (AvgIpc) is 2.79. The summed E-state index contributed by atoms with van der Waals surface area (Å²) in [5, 5.41) is 2.28. The molecule has 0 fully saturated rings. The Morgan fingerprint density at radius 2 is 1.59 bits per heavy atom. The minimum atomic E-state index is -0.00338. The van der Waals surface area contributed by atoms with Gasteiger partial charge in [0, 0.05) is 25.0 Å². The highest BCUT2D eigenvalue weighted by Gasteiger charge is 2.10. The van der Waals surface area contributed by atoms with Crippen molar-refractivity contribution in [3.63, 3.8) is 0 Å². The zero-order valence-electron chi connectivity index (χ0n) is 16.3. The summed E-state index contributed by atoms with van der Waals surface area (Å²) in [7, 11) is 1.79. The molecule has 0 aliphatic heterocycles. The van der Waals surface area contributed by atoms with Crippen LogP contribution in [-0.4, -0.2) is 36.0 Å². The van der Waals surface area contributed by atoms with Crippen molar-refractivity contribution in [2.24, 2.45) is 0 Å². The lowest BCUT2D eigenvalue weighted by Crippen LogP contribution is -2.30. The van der Waals surface area contributed by atoms with E-state index in [1.807, 2.05) is 54.6 Å². The summed E-state index contributed by atoms with van der Waals surface area (Å²) in [5.41, 5.74) is 2.99. The van der Waals surface area contributed by atoms with Gasteiger partial charge in [-0.1, -0.05) is 36.4 Å². The number of pyridine rings is 1. The van der Waals surface area contributed by atoms with Crippen molar-refractivity contribution in [2.75, 3.05) is 20.2 Å². The maximum Gasteiger partial charge on any atom is 0.253 e. The number of ether oxygens (including phenoxy) is 1. The third-order valence-electron chi connectivity index (χ3n) is 4.89. The first-order chi connectivity index (χ1) is 14.2. The number of carbonyl (C=O) groups excluding carboxylic acids is 1. The summed E-state index contributed by atoms with van der Waals surface area (Å²) in [6, 6.07) is 25.7. The number of rotatable bonds is 6. The number of hydrogen-bond acceptors (Lipinski definition) is 3. The lowest BCUT2D eigenvalue weighted by Gasteiger charge is -2.17. The van der Waals surface area contributed by atoms with E-state index in [2.05, 4.69) is 29.2 Å². The maximum absolute atomic E-state index is 12.4. The van der Waals surface area contributed by atoms with Crippen LogP contribution >= 0.6 is 0 Å². The fourth-order valence-electron chi connectivity index (χ4n) is 3.24. The van der Waals surface area contributed by atoms with Crippen molar-refractivity contribution in [3.8, 4) is 16.9 Å². The fourth-order valence-corrected chi connectivity index (χ4v) is 3.24. The van der Waals surface area contributed by atoms with E-state index in [-0.39, 0.29) is 5.91 Å². The first-order valence-electron chi connectivity index (χ1n) is 9.58. The summed E-state index contributed by atoms with van der Waals surface area (Å²) < 4.78 is 5.88. The number of amides is 1. The largest absolute Gasteiger partial charge is 0.492 e. The first-order valence-corrected chi connectivity index (χ1v) is 9.58. The number of fused-ring (bicyclic) bond motifs is 1. The second-order valence-corrected chi connectivity index (χ2v) is 6.90. The molecule has 1 heterocycles. The Morgan fingerprint density at radius 3 is 2.38 bits per heavy atom. The van der Waals surface area contributed by atoms with Gasteiger partial charge in [0.1, 0.15) is 12.4 Å². The Kier molecular flexibility index (Phi) is 5.52. The van der Waals surface area contributed by atoms with E-state index in [4.69, 9.17) is 4.74 Å². The molecule has 0 aliphatic carbocycles. The molecule has 0 radical (unpaired) electrons. The van der Waals surface area contributed by atoms with Crippen LogP contribution in [0.4, 0.5) is 0 Å². The standard InChI is InChI=1S/C25H22N2O2/c1-27(25(28)20-5-3-2-4-6-20)15-16-29-24-10-9-22-17-21(7-8-23(22)18-24)19-11-13-26-14-12-19/h2-14,17-18H,15-16H2,1H3. The van der Waals surface area contributed by atoms with E-state index in [0.29, 0.717) is 18.7 Å². The molecule has 0 spiro atoms. The summed E-state index contributed by atoms with van der Waals surface area (Å²) in [6.45, 7) is 0.961. The molecule has 4 heteroatoms. The molecule has 0 saturated carbocycles. The molecule has 4 rings (SSSR count). The van der Waals surface area contributed by atoms with Crippen molar-refractivity contribution in [3.05, 3.63) is 96.8 Å². The molecule has 1 aromatic heterocycles. The number of hydrogen-bond donors (Lipinski definition) is 0. The van der Waals surface area contributed by atoms with Gasteiger partial charge in [0.2, 0.25) is 0 Å². The number of aromatic nitrogens is 1. The number of likely N-dealkylation sites (N-methyl/N-ethyl adjacent to an activating group) is 1. The molecule has 4 nitrogen and oxygen atoms in total. The molecule has 0 aliphatic rings. The Hall–Kier alpha value is -3.66. The van der Waals surface area contributed by atoms with Crippen LogP contribution in [0, 0.1) is 0 Å². The Balaban J connectivity index is 1.39. The van der Waals surface area contributed by atoms with E-state index in [0.717, 1.165) is 27.6 Å². The molecule has 0 bridgehead atoms. The Bertz CT molecular complexity index is 1110. The summed E-state index contributed by atoms with van der Waals surface area (Å²) in [6.07, 6.45) is 3.60. The molecule has 1 amide bonds. The van der Waals surface area contributed by atoms with Gasteiger partial charge >= 0.3 is 0 Å². The lowest BCUT2D eigenvalue weighted by atomic mass is 10.0. The van der Waals surface area contributed by atoms with Gasteiger partial charge in [-0.25, -0.2) is 0 Å². The minimum absolute atomic E-state index is 0.00338. The van der Waals surface area contributed by atoms with Gasteiger partial charge in [0.25, 0.3) is 5.91 Å². The SMILES string of the molecule is CN(CCOc1ccc2cc(-c3ccncc3)ccc2c1)C(=O)c1ccccc1. The second kappa shape index (κ2) is 8.57. The van der Waals surface area contributed by atoms with Crippen LogP contribution in [0.25, 0.3) is 21.9 Å². The zero-order chi connectivity index (χ0) is 20.1. The van der Waals surface area contributed by atoms with Gasteiger partial charge in [-0.15, -0.1) is 0 Å². The van der Waals surface area contributed by atoms with Gasteiger partial charge in [0.15, 0.2) is 0 Å². The normalized spacial score (nSPS) is 10.7. The highest BCUT2D eigenvalue weighted by atomic mass is 16.5. The van der Waals surface area contributed by atoms with Crippen LogP contribution in [0.1, 0.15) is 10.4 Å². The molecule has 0 atom stereocenters. The third kappa shape index (κ3) is 4.43. The fraction of sp³-hybridized carbons (Fsp3) is 0.120. The van der Waals surface area contributed by atoms with Crippen molar-refractivity contribution in [2.45, 2.75) is 0 Å². The second-order valence-electron chi connectivity index (χ2n) is 6.90. The number of nitrogens with zero attached hydrogens (tertiary/aromatic N) is 2. The van der Waals surface area contributed by atoms with Crippen LogP contribution in [0.2, 0.25) is 0 Å². The predicted molar refractivity (Wildman–Crippen MR) is 116 cm³/mol. The van der Waals surface area contributed by atoms with Crippen LogP contribution in [0.5, 0.6) is 5.75 Å². The van der Waals surface area contributed by atoms with Gasteiger partial charge in [-0.05, 0) is 64.4 Å². The highest BCUT2D eigenvalue weighted by molar-refractivity contribution is 5.94. The van der Waals surface area contributed by atoms with Gasteiger partial charge in [-0.3, -0.25) is 9.78 Å². The average molecular weight is 382 g/mol. The Morgan fingerprint density at radius 1 is 0.862 bits per heavy atom. The molecule has 144 valence electrons. The molecule has 29 heavy (non-hydrogen) atoms. The smallest absolute Gasteiger partial charge is 0.253 e. The molecule has 0 unspecified atom stereocenters. The molecular weight excluding hydrogens is 360 g/mol. The molecule has 0 saturated heterocycles. The highest BCUT2D eigenvalue weighted by Crippen LogP contribution is 2.26. The minimum Gasteiger partial charge on any atom is -0.492 e. The summed E-state index contributed by atoms with van der Waals surface area (Å²) in [5.74, 6) is 0.797. The van der Waals surface area contributed by atoms with Crippen LogP contribution in [-0.2, 0) is 0 Å². The third-order valence-corrected chi connectivity index (χ3v) is 4.89. The monoisotopic (exact) mass is 382 g/mol. The van der Waals surface area contributed by atoms with Crippen molar-refractivity contribution in [1.82, 2.24) is 9.88 Å². The van der Waals surface area contributed by atoms with Gasteiger partial charge < -0.3 is 9.64 Å². The van der Waals surface area contributed by atoms with Gasteiger partial charge in [0.05, 0.1) is 6.54 Å². The number of benzene rings is 3. The molecule has 0 N–H and O–H groups in total.